The van der Waals surface area contributed by atoms with E-state index in [-0.39, 0.29) is 12.0 Å². The molecule has 0 aliphatic heterocycles. The Labute approximate surface area is 70.8 Å². The molecule has 0 saturated carbocycles. The molecule has 1 heteroatoms. The number of hydrogen-bond donors (Lipinski definition) is 1. The van der Waals surface area contributed by atoms with Gasteiger partial charge in [-0.15, -0.1) is 0 Å². The van der Waals surface area contributed by atoms with Crippen LogP contribution in [0.2, 0.25) is 0 Å². The van der Waals surface area contributed by atoms with Crippen LogP contribution in [0.15, 0.2) is 0 Å². The van der Waals surface area contributed by atoms with Gasteiger partial charge in [0.05, 0.1) is 6.10 Å². The van der Waals surface area contributed by atoms with Crippen molar-refractivity contribution in [2.45, 2.75) is 46.1 Å². The molecule has 0 aromatic carbocycles. The van der Waals surface area contributed by atoms with Gasteiger partial charge in [-0.25, -0.2) is 0 Å². The molecule has 3 atom stereocenters. The number of hydrogen-bond acceptors (Lipinski definition) is 1. The van der Waals surface area contributed by atoms with Gasteiger partial charge in [0.15, 0.2) is 0 Å². The van der Waals surface area contributed by atoms with Gasteiger partial charge in [0, 0.05) is 0 Å². The summed E-state index contributed by atoms with van der Waals surface area (Å²) in [5.41, 5.74) is 0. The molecular weight excluding hydrogens is 136 g/mol. The van der Waals surface area contributed by atoms with Crippen molar-refractivity contribution in [3.8, 4) is 0 Å². The second kappa shape index (κ2) is 5.59. The highest BCUT2D eigenvalue weighted by Gasteiger charge is 2.09. The number of rotatable bonds is 5. The van der Waals surface area contributed by atoms with Gasteiger partial charge in [0.1, 0.15) is 0 Å². The molecule has 0 heterocycles. The van der Waals surface area contributed by atoms with Gasteiger partial charge in [-0.3, -0.25) is 0 Å². The molecule has 1 radical (unpaired) electrons. The fourth-order valence-corrected chi connectivity index (χ4v) is 0.944. The van der Waals surface area contributed by atoms with E-state index in [9.17, 15) is 5.11 Å². The van der Waals surface area contributed by atoms with Crippen LogP contribution >= 0.6 is 0 Å². The van der Waals surface area contributed by atoms with Crippen LogP contribution < -0.4 is 0 Å². The quantitative estimate of drug-likeness (QED) is 0.650. The Bertz CT molecular complexity index is 88.9. The summed E-state index contributed by atoms with van der Waals surface area (Å²) in [6, 6.07) is 0. The van der Waals surface area contributed by atoms with Crippen molar-refractivity contribution in [2.24, 2.45) is 11.8 Å². The summed E-state index contributed by atoms with van der Waals surface area (Å²) in [7, 11) is 0. The van der Waals surface area contributed by atoms with Gasteiger partial charge in [-0.05, 0) is 31.6 Å². The Kier molecular flexibility index (Phi) is 5.57. The summed E-state index contributed by atoms with van der Waals surface area (Å²) in [6.07, 6.45) is 3.03. The van der Waals surface area contributed by atoms with Gasteiger partial charge >= 0.3 is 0 Å². The first-order chi connectivity index (χ1) is 5.07. The molecule has 0 fully saturated rings. The predicted molar refractivity (Wildman–Crippen MR) is 49.2 cm³/mol. The van der Waals surface area contributed by atoms with Crippen molar-refractivity contribution in [2.75, 3.05) is 0 Å². The Balaban J connectivity index is 3.37. The summed E-state index contributed by atoms with van der Waals surface area (Å²) in [5.74, 6) is 0.905. The van der Waals surface area contributed by atoms with Crippen LogP contribution in [0.5, 0.6) is 0 Å². The summed E-state index contributed by atoms with van der Waals surface area (Å²) in [6.45, 7) is 10.2. The molecule has 0 saturated heterocycles. The zero-order valence-corrected chi connectivity index (χ0v) is 8.01. The molecular formula is C10H21O. The van der Waals surface area contributed by atoms with Gasteiger partial charge in [0.2, 0.25) is 0 Å². The molecule has 0 aromatic rings. The van der Waals surface area contributed by atoms with E-state index in [4.69, 9.17) is 0 Å². The van der Waals surface area contributed by atoms with Gasteiger partial charge < -0.3 is 5.11 Å². The molecule has 1 N–H and O–H groups in total. The highest BCUT2D eigenvalue weighted by molar-refractivity contribution is 4.66. The van der Waals surface area contributed by atoms with E-state index in [2.05, 4.69) is 20.8 Å². The number of aliphatic hydroxyl groups excluding tert-OH is 1. The average Bonchev–Trinajstić information content (AvgIpc) is 1.99. The van der Waals surface area contributed by atoms with E-state index in [1.54, 1.807) is 0 Å². The van der Waals surface area contributed by atoms with Crippen LogP contribution in [-0.2, 0) is 0 Å². The lowest BCUT2D eigenvalue weighted by atomic mass is 9.96. The molecule has 0 amide bonds. The minimum absolute atomic E-state index is 0.166. The first kappa shape index (κ1) is 11.0. The highest BCUT2D eigenvalue weighted by Crippen LogP contribution is 2.14. The van der Waals surface area contributed by atoms with Crippen LogP contribution in [0, 0.1) is 18.8 Å². The van der Waals surface area contributed by atoms with E-state index in [1.807, 2.05) is 6.92 Å². The molecule has 0 aliphatic rings. The summed E-state index contributed by atoms with van der Waals surface area (Å²) >= 11 is 0. The zero-order valence-electron chi connectivity index (χ0n) is 8.01. The fraction of sp³-hybridized carbons (Fsp3) is 0.900. The third-order valence-electron chi connectivity index (χ3n) is 2.31. The lowest BCUT2D eigenvalue weighted by Gasteiger charge is -2.16. The van der Waals surface area contributed by atoms with Crippen molar-refractivity contribution < 1.29 is 5.11 Å². The maximum absolute atomic E-state index is 9.41. The third-order valence-corrected chi connectivity index (χ3v) is 2.31. The van der Waals surface area contributed by atoms with Crippen molar-refractivity contribution in [1.82, 2.24) is 0 Å². The summed E-state index contributed by atoms with van der Waals surface area (Å²) in [4.78, 5) is 0. The molecule has 11 heavy (non-hydrogen) atoms. The number of aliphatic hydroxyl groups is 1. The van der Waals surface area contributed by atoms with Crippen LogP contribution in [0.25, 0.3) is 0 Å². The largest absolute Gasteiger partial charge is 0.393 e. The Morgan fingerprint density at radius 1 is 1.27 bits per heavy atom. The lowest BCUT2D eigenvalue weighted by molar-refractivity contribution is 0.119. The summed E-state index contributed by atoms with van der Waals surface area (Å²) < 4.78 is 0. The Morgan fingerprint density at radius 3 is 2.18 bits per heavy atom. The third kappa shape index (κ3) is 5.25. The summed E-state index contributed by atoms with van der Waals surface area (Å²) in [5, 5.41) is 9.41. The van der Waals surface area contributed by atoms with Gasteiger partial charge in [0.25, 0.3) is 0 Å². The second-order valence-electron chi connectivity index (χ2n) is 3.64. The molecule has 1 nitrogen and oxygen atoms in total. The molecule has 0 spiro atoms. The second-order valence-corrected chi connectivity index (χ2v) is 3.64. The zero-order chi connectivity index (χ0) is 8.85. The van der Waals surface area contributed by atoms with E-state index in [0.717, 1.165) is 18.8 Å². The fourth-order valence-electron chi connectivity index (χ4n) is 0.944. The molecule has 0 rings (SSSR count). The van der Waals surface area contributed by atoms with Crippen LogP contribution in [0.1, 0.15) is 40.0 Å². The highest BCUT2D eigenvalue weighted by atomic mass is 16.3. The van der Waals surface area contributed by atoms with Gasteiger partial charge in [-0.2, -0.15) is 0 Å². The molecule has 67 valence electrons. The minimum atomic E-state index is -0.205. The first-order valence-electron chi connectivity index (χ1n) is 4.59. The monoisotopic (exact) mass is 157 g/mol. The minimum Gasteiger partial charge on any atom is -0.393 e. The Morgan fingerprint density at radius 2 is 1.82 bits per heavy atom. The molecule has 3 unspecified atom stereocenters. The smallest absolute Gasteiger partial charge is 0.0565 e. The molecule has 0 bridgehead atoms. The lowest BCUT2D eigenvalue weighted by Crippen LogP contribution is -2.15. The van der Waals surface area contributed by atoms with Crippen molar-refractivity contribution >= 4 is 0 Å². The van der Waals surface area contributed by atoms with E-state index in [1.165, 1.54) is 6.42 Å². The molecule has 0 aliphatic carbocycles. The standard InChI is InChI=1S/C10H21O/c1-5-9(4)6-7-10(11)8(2)3/h8-11H,2,5-7H2,1,3-4H3. The maximum atomic E-state index is 9.41. The van der Waals surface area contributed by atoms with E-state index >= 15 is 0 Å². The maximum Gasteiger partial charge on any atom is 0.0565 e. The predicted octanol–water partition coefficient (Wildman–Crippen LogP) is 2.64. The van der Waals surface area contributed by atoms with Crippen LogP contribution in [-0.4, -0.2) is 11.2 Å². The van der Waals surface area contributed by atoms with Gasteiger partial charge in [-0.1, -0.05) is 27.2 Å². The van der Waals surface area contributed by atoms with E-state index in [0.29, 0.717) is 0 Å². The normalized spacial score (nSPS) is 16.9. The molecule has 0 aromatic heterocycles. The van der Waals surface area contributed by atoms with Crippen LogP contribution in [0.4, 0.5) is 0 Å². The van der Waals surface area contributed by atoms with Crippen molar-refractivity contribution in [1.29, 1.82) is 0 Å². The van der Waals surface area contributed by atoms with Crippen molar-refractivity contribution in [3.63, 3.8) is 0 Å². The van der Waals surface area contributed by atoms with Crippen LogP contribution in [0.3, 0.4) is 0 Å². The van der Waals surface area contributed by atoms with E-state index < -0.39 is 0 Å². The SMILES string of the molecule is [CH2]C(C)C(O)CCC(C)CC. The topological polar surface area (TPSA) is 20.2 Å². The average molecular weight is 157 g/mol. The van der Waals surface area contributed by atoms with Crippen molar-refractivity contribution in [3.05, 3.63) is 6.92 Å². The Hall–Kier alpha value is -0.0400. The first-order valence-corrected chi connectivity index (χ1v) is 4.59.